The molecule has 1 amide bonds. The Bertz CT molecular complexity index is 431. The molecule has 4 atom stereocenters. The van der Waals surface area contributed by atoms with Crippen molar-refractivity contribution in [1.29, 1.82) is 0 Å². The lowest BCUT2D eigenvalue weighted by Gasteiger charge is -2.42. The first-order valence-electron chi connectivity index (χ1n) is 7.99. The maximum absolute atomic E-state index is 12.5. The van der Waals surface area contributed by atoms with Gasteiger partial charge >= 0.3 is 12.1 Å². The molecule has 0 aromatic rings. The van der Waals surface area contributed by atoms with Gasteiger partial charge in [0.2, 0.25) is 0 Å². The summed E-state index contributed by atoms with van der Waals surface area (Å²) in [6.07, 6.45) is 1.77. The maximum atomic E-state index is 12.5. The van der Waals surface area contributed by atoms with Gasteiger partial charge in [0, 0.05) is 13.2 Å². The van der Waals surface area contributed by atoms with Gasteiger partial charge in [0.05, 0.1) is 18.8 Å². The van der Waals surface area contributed by atoms with Crippen LogP contribution in [0.1, 0.15) is 47.0 Å². The van der Waals surface area contributed by atoms with Crippen molar-refractivity contribution < 1.29 is 23.8 Å². The molecule has 2 heterocycles. The highest BCUT2D eigenvalue weighted by atomic mass is 16.6. The van der Waals surface area contributed by atoms with Crippen molar-refractivity contribution in [1.82, 2.24) is 4.90 Å². The van der Waals surface area contributed by atoms with Crippen LogP contribution in [0.25, 0.3) is 0 Å². The number of rotatable bonds is 3. The van der Waals surface area contributed by atoms with E-state index in [2.05, 4.69) is 0 Å². The van der Waals surface area contributed by atoms with Gasteiger partial charge in [0.25, 0.3) is 0 Å². The van der Waals surface area contributed by atoms with Gasteiger partial charge in [-0.3, -0.25) is 4.79 Å². The molecule has 4 unspecified atom stereocenters. The van der Waals surface area contributed by atoms with Crippen LogP contribution in [0.3, 0.4) is 0 Å². The van der Waals surface area contributed by atoms with Crippen molar-refractivity contribution in [3.8, 4) is 0 Å². The highest BCUT2D eigenvalue weighted by Gasteiger charge is 2.53. The number of hydrogen-bond donors (Lipinski definition) is 0. The molecule has 0 N–H and O–H groups in total. The van der Waals surface area contributed by atoms with E-state index >= 15 is 0 Å². The molecular formula is C16H27NO5. The highest BCUT2D eigenvalue weighted by molar-refractivity contribution is 5.77. The third kappa shape index (κ3) is 3.37. The molecule has 2 aliphatic rings. The number of nitrogens with zero attached hydrogens (tertiary/aromatic N) is 1. The monoisotopic (exact) mass is 313 g/mol. The van der Waals surface area contributed by atoms with Gasteiger partial charge in [0.1, 0.15) is 11.5 Å². The molecule has 22 heavy (non-hydrogen) atoms. The smallest absolute Gasteiger partial charge is 0.410 e. The van der Waals surface area contributed by atoms with Crippen molar-refractivity contribution in [2.24, 2.45) is 5.92 Å². The van der Waals surface area contributed by atoms with E-state index in [9.17, 15) is 9.59 Å². The second-order valence-electron chi connectivity index (χ2n) is 6.97. The Morgan fingerprint density at radius 1 is 1.23 bits per heavy atom. The van der Waals surface area contributed by atoms with Crippen LogP contribution in [0.4, 0.5) is 4.79 Å². The van der Waals surface area contributed by atoms with Gasteiger partial charge in [0.15, 0.2) is 0 Å². The topological polar surface area (TPSA) is 65.1 Å². The van der Waals surface area contributed by atoms with E-state index in [4.69, 9.17) is 14.2 Å². The molecule has 0 aromatic heterocycles. The molecule has 0 radical (unpaired) electrons. The Hall–Kier alpha value is -1.30. The molecular weight excluding hydrogens is 286 g/mol. The molecule has 6 heteroatoms. The van der Waals surface area contributed by atoms with Crippen molar-refractivity contribution >= 4 is 12.1 Å². The van der Waals surface area contributed by atoms with Crippen molar-refractivity contribution in [2.75, 3.05) is 13.7 Å². The summed E-state index contributed by atoms with van der Waals surface area (Å²) in [4.78, 5) is 26.6. The molecule has 6 nitrogen and oxygen atoms in total. The number of ether oxygens (including phenoxy) is 3. The minimum Gasteiger partial charge on any atom is -0.466 e. The molecule has 0 spiro atoms. The van der Waals surface area contributed by atoms with E-state index in [-0.39, 0.29) is 30.3 Å². The van der Waals surface area contributed by atoms with Gasteiger partial charge < -0.3 is 19.1 Å². The number of hydrogen-bond acceptors (Lipinski definition) is 5. The molecule has 0 saturated carbocycles. The minimum atomic E-state index is -0.548. The zero-order valence-corrected chi connectivity index (χ0v) is 14.1. The summed E-state index contributed by atoms with van der Waals surface area (Å²) in [6, 6.07) is -0.118. The van der Waals surface area contributed by atoms with Gasteiger partial charge in [-0.2, -0.15) is 0 Å². The number of carbonyl (C=O) groups is 2. The zero-order chi connectivity index (χ0) is 16.5. The second-order valence-corrected chi connectivity index (χ2v) is 6.97. The van der Waals surface area contributed by atoms with E-state index in [1.807, 2.05) is 20.8 Å². The molecule has 2 rings (SSSR count). The standard InChI is InChI=1S/C16H27NO5/c1-6-21-14(18)13-11-8-7-10(9-12(13)20-5)17(11)15(19)22-16(2,3)4/h10-13H,6-9H2,1-5H3. The molecule has 2 fully saturated rings. The van der Waals surface area contributed by atoms with Crippen LogP contribution in [-0.2, 0) is 19.0 Å². The number of fused-ring (bicyclic) bond motifs is 2. The van der Waals surface area contributed by atoms with E-state index in [0.29, 0.717) is 13.0 Å². The normalized spacial score (nSPS) is 31.0. The Morgan fingerprint density at radius 3 is 2.45 bits per heavy atom. The predicted octanol–water partition coefficient (Wildman–Crippen LogP) is 2.35. The third-order valence-corrected chi connectivity index (χ3v) is 4.33. The maximum Gasteiger partial charge on any atom is 0.410 e. The van der Waals surface area contributed by atoms with Crippen molar-refractivity contribution in [2.45, 2.75) is 70.7 Å². The van der Waals surface area contributed by atoms with Crippen molar-refractivity contribution in [3.05, 3.63) is 0 Å². The fraction of sp³-hybridized carbons (Fsp3) is 0.875. The van der Waals surface area contributed by atoms with Gasteiger partial charge in [-0.25, -0.2) is 4.79 Å². The van der Waals surface area contributed by atoms with Gasteiger partial charge in [-0.15, -0.1) is 0 Å². The van der Waals surface area contributed by atoms with Crippen molar-refractivity contribution in [3.63, 3.8) is 0 Å². The minimum absolute atomic E-state index is 0.0791. The average molecular weight is 313 g/mol. The van der Waals surface area contributed by atoms with Crippen LogP contribution in [0.15, 0.2) is 0 Å². The Kier molecular flexibility index (Phi) is 5.00. The molecule has 0 aliphatic carbocycles. The summed E-state index contributed by atoms with van der Waals surface area (Å²) >= 11 is 0. The van der Waals surface area contributed by atoms with Crippen LogP contribution >= 0.6 is 0 Å². The lowest BCUT2D eigenvalue weighted by molar-refractivity contribution is -0.160. The summed E-state index contributed by atoms with van der Waals surface area (Å²) in [5, 5.41) is 0. The van der Waals surface area contributed by atoms with E-state index in [0.717, 1.165) is 12.8 Å². The zero-order valence-electron chi connectivity index (χ0n) is 14.1. The predicted molar refractivity (Wildman–Crippen MR) is 80.4 cm³/mol. The van der Waals surface area contributed by atoms with E-state index in [1.54, 1.807) is 18.9 Å². The van der Waals surface area contributed by atoms with E-state index < -0.39 is 11.5 Å². The Labute approximate surface area is 132 Å². The number of esters is 1. The fourth-order valence-electron chi connectivity index (χ4n) is 3.55. The number of amides is 1. The summed E-state index contributed by atoms with van der Waals surface area (Å²) < 4.78 is 16.2. The molecule has 2 bridgehead atoms. The average Bonchev–Trinajstić information content (AvgIpc) is 2.71. The number of methoxy groups -OCH3 is 1. The Morgan fingerprint density at radius 2 is 1.91 bits per heavy atom. The quantitative estimate of drug-likeness (QED) is 0.748. The SMILES string of the molecule is CCOC(=O)C1C(OC)CC2CCC1N2C(=O)OC(C)(C)C. The molecule has 2 aliphatic heterocycles. The van der Waals surface area contributed by atoms with Crippen LogP contribution < -0.4 is 0 Å². The van der Waals surface area contributed by atoms with Crippen LogP contribution in [0.2, 0.25) is 0 Å². The van der Waals surface area contributed by atoms with Gasteiger partial charge in [-0.1, -0.05) is 0 Å². The van der Waals surface area contributed by atoms with Crippen LogP contribution in [0, 0.1) is 5.92 Å². The number of piperidine rings is 1. The lowest BCUT2D eigenvalue weighted by Crippen LogP contribution is -2.57. The fourth-order valence-corrected chi connectivity index (χ4v) is 3.55. The van der Waals surface area contributed by atoms with Gasteiger partial charge in [-0.05, 0) is 47.0 Å². The first kappa shape index (κ1) is 17.1. The first-order valence-corrected chi connectivity index (χ1v) is 7.99. The number of carbonyl (C=O) groups excluding carboxylic acids is 2. The molecule has 2 saturated heterocycles. The third-order valence-electron chi connectivity index (χ3n) is 4.33. The Balaban J connectivity index is 2.20. The van der Waals surface area contributed by atoms with Crippen LogP contribution in [0.5, 0.6) is 0 Å². The lowest BCUT2D eigenvalue weighted by atomic mass is 9.87. The molecule has 126 valence electrons. The van der Waals surface area contributed by atoms with Crippen LogP contribution in [-0.4, -0.2) is 54.5 Å². The molecule has 0 aromatic carbocycles. The summed E-state index contributed by atoms with van der Waals surface area (Å²) in [7, 11) is 1.61. The summed E-state index contributed by atoms with van der Waals surface area (Å²) in [6.45, 7) is 7.65. The second kappa shape index (κ2) is 6.44. The first-order chi connectivity index (χ1) is 10.3. The summed E-state index contributed by atoms with van der Waals surface area (Å²) in [5.41, 5.74) is -0.548. The summed E-state index contributed by atoms with van der Waals surface area (Å²) in [5.74, 6) is -0.718. The highest BCUT2D eigenvalue weighted by Crippen LogP contribution is 2.41. The largest absolute Gasteiger partial charge is 0.466 e. The van der Waals surface area contributed by atoms with E-state index in [1.165, 1.54) is 0 Å².